The van der Waals surface area contributed by atoms with Crippen molar-refractivity contribution < 1.29 is 9.21 Å². The van der Waals surface area contributed by atoms with Crippen molar-refractivity contribution in [2.24, 2.45) is 0 Å². The molecule has 0 atom stereocenters. The van der Waals surface area contributed by atoms with E-state index in [1.165, 1.54) is 6.07 Å². The molecule has 0 radical (unpaired) electrons. The lowest BCUT2D eigenvalue weighted by Gasteiger charge is -2.13. The largest absolute Gasteiger partial charge is 0.436 e. The van der Waals surface area contributed by atoms with Gasteiger partial charge in [0.15, 0.2) is 10.7 Å². The second kappa shape index (κ2) is 8.90. The fraction of sp³-hybridized carbons (Fsp3) is 0.125. The maximum Gasteiger partial charge on any atom is 0.258 e. The number of fused-ring (bicyclic) bond motifs is 1. The summed E-state index contributed by atoms with van der Waals surface area (Å²) in [5.74, 6) is 0.0856. The molecule has 2 N–H and O–H groups in total. The van der Waals surface area contributed by atoms with Crippen molar-refractivity contribution in [3.63, 3.8) is 0 Å². The van der Waals surface area contributed by atoms with E-state index in [9.17, 15) is 4.79 Å². The average molecular weight is 484 g/mol. The monoisotopic (exact) mass is 483 g/mol. The van der Waals surface area contributed by atoms with E-state index < -0.39 is 5.91 Å². The standard InChI is InChI=1S/C24H19Cl2N3O2S/c1-12-8-14(3)21-20(9-12)27-23(31-21)15-5-4-13(2)19(10-15)28-24(32)29-22(30)17-7-6-16(25)11-18(17)26/h4-11H,1-3H3,(H2,28,29,30,32). The van der Waals surface area contributed by atoms with Gasteiger partial charge in [-0.3, -0.25) is 10.1 Å². The van der Waals surface area contributed by atoms with E-state index in [0.717, 1.165) is 39.0 Å². The first-order valence-corrected chi connectivity index (χ1v) is 10.9. The molecule has 162 valence electrons. The molecule has 0 saturated carbocycles. The lowest BCUT2D eigenvalue weighted by Crippen LogP contribution is -2.34. The number of hydrogen-bond donors (Lipinski definition) is 2. The predicted molar refractivity (Wildman–Crippen MR) is 134 cm³/mol. The van der Waals surface area contributed by atoms with Gasteiger partial charge in [0.2, 0.25) is 5.89 Å². The number of aryl methyl sites for hydroxylation is 3. The van der Waals surface area contributed by atoms with Gasteiger partial charge in [0.1, 0.15) is 5.52 Å². The molecule has 32 heavy (non-hydrogen) atoms. The van der Waals surface area contributed by atoms with Gasteiger partial charge in [-0.15, -0.1) is 0 Å². The summed E-state index contributed by atoms with van der Waals surface area (Å²) in [5.41, 5.74) is 6.49. The van der Waals surface area contributed by atoms with Crippen LogP contribution in [0.3, 0.4) is 0 Å². The summed E-state index contributed by atoms with van der Waals surface area (Å²) in [4.78, 5) is 17.2. The molecule has 0 aliphatic heterocycles. The molecule has 3 aromatic carbocycles. The Labute approximate surface area is 200 Å². The molecule has 4 aromatic rings. The quantitative estimate of drug-likeness (QED) is 0.311. The van der Waals surface area contributed by atoms with Crippen molar-refractivity contribution in [2.45, 2.75) is 20.8 Å². The Bertz CT molecular complexity index is 1380. The van der Waals surface area contributed by atoms with Gasteiger partial charge in [0.25, 0.3) is 5.91 Å². The van der Waals surface area contributed by atoms with Crippen LogP contribution in [0.25, 0.3) is 22.6 Å². The zero-order valence-electron chi connectivity index (χ0n) is 17.5. The third kappa shape index (κ3) is 4.63. The van der Waals surface area contributed by atoms with E-state index in [1.807, 2.05) is 45.0 Å². The zero-order valence-corrected chi connectivity index (χ0v) is 19.9. The zero-order chi connectivity index (χ0) is 23.0. The summed E-state index contributed by atoms with van der Waals surface area (Å²) in [7, 11) is 0. The van der Waals surface area contributed by atoms with Crippen molar-refractivity contribution in [3.05, 3.63) is 80.8 Å². The number of thiocarbonyl (C=S) groups is 1. The van der Waals surface area contributed by atoms with Crippen LogP contribution >= 0.6 is 35.4 Å². The molecule has 0 fully saturated rings. The number of carbonyl (C=O) groups is 1. The second-order valence-electron chi connectivity index (χ2n) is 7.51. The Morgan fingerprint density at radius 1 is 1.00 bits per heavy atom. The summed E-state index contributed by atoms with van der Waals surface area (Å²) in [6, 6.07) is 14.5. The molecule has 0 spiro atoms. The Kier molecular flexibility index (Phi) is 6.20. The first-order valence-electron chi connectivity index (χ1n) is 9.77. The first kappa shape index (κ1) is 22.3. The number of hydrogen-bond acceptors (Lipinski definition) is 4. The summed E-state index contributed by atoms with van der Waals surface area (Å²) >= 11 is 17.3. The Hall–Kier alpha value is -2.93. The number of oxazole rings is 1. The maximum atomic E-state index is 12.5. The van der Waals surface area contributed by atoms with Crippen LogP contribution in [0.1, 0.15) is 27.0 Å². The number of nitrogens with one attached hydrogen (secondary N) is 2. The molecule has 1 amide bonds. The SMILES string of the molecule is Cc1cc(C)c2oc(-c3ccc(C)c(NC(=S)NC(=O)c4ccc(Cl)cc4Cl)c3)nc2c1. The fourth-order valence-electron chi connectivity index (χ4n) is 3.39. The maximum absolute atomic E-state index is 12.5. The van der Waals surface area contributed by atoms with E-state index in [1.54, 1.807) is 12.1 Å². The molecule has 1 heterocycles. The first-order chi connectivity index (χ1) is 15.2. The summed E-state index contributed by atoms with van der Waals surface area (Å²) in [6.07, 6.45) is 0. The number of amides is 1. The van der Waals surface area contributed by atoms with Gasteiger partial charge in [-0.2, -0.15) is 0 Å². The van der Waals surface area contributed by atoms with Crippen LogP contribution in [0.4, 0.5) is 5.69 Å². The van der Waals surface area contributed by atoms with Crippen molar-refractivity contribution in [1.29, 1.82) is 0 Å². The second-order valence-corrected chi connectivity index (χ2v) is 8.76. The third-order valence-electron chi connectivity index (χ3n) is 4.96. The van der Waals surface area contributed by atoms with Crippen LogP contribution in [0.5, 0.6) is 0 Å². The number of nitrogens with zero attached hydrogens (tertiary/aromatic N) is 1. The highest BCUT2D eigenvalue weighted by molar-refractivity contribution is 7.80. The topological polar surface area (TPSA) is 67.2 Å². The number of rotatable bonds is 3. The fourth-order valence-corrected chi connectivity index (χ4v) is 4.08. The van der Waals surface area contributed by atoms with Crippen molar-refractivity contribution >= 4 is 63.2 Å². The van der Waals surface area contributed by atoms with E-state index in [0.29, 0.717) is 10.9 Å². The highest BCUT2D eigenvalue weighted by Crippen LogP contribution is 2.30. The molecule has 4 rings (SSSR count). The van der Waals surface area contributed by atoms with E-state index in [4.69, 9.17) is 39.8 Å². The molecule has 0 saturated heterocycles. The highest BCUT2D eigenvalue weighted by atomic mass is 35.5. The van der Waals surface area contributed by atoms with Crippen molar-refractivity contribution in [1.82, 2.24) is 10.3 Å². The number of aromatic nitrogens is 1. The normalized spacial score (nSPS) is 10.9. The van der Waals surface area contributed by atoms with Gasteiger partial charge < -0.3 is 9.73 Å². The Balaban J connectivity index is 1.56. The van der Waals surface area contributed by atoms with Gasteiger partial charge >= 0.3 is 0 Å². The summed E-state index contributed by atoms with van der Waals surface area (Å²) in [5, 5.41) is 6.55. The van der Waals surface area contributed by atoms with Crippen LogP contribution in [0, 0.1) is 20.8 Å². The van der Waals surface area contributed by atoms with Crippen LogP contribution in [0.2, 0.25) is 10.0 Å². The highest BCUT2D eigenvalue weighted by Gasteiger charge is 2.15. The minimum absolute atomic E-state index is 0.144. The van der Waals surface area contributed by atoms with Crippen molar-refractivity contribution in [2.75, 3.05) is 5.32 Å². The van der Waals surface area contributed by atoms with Crippen LogP contribution < -0.4 is 10.6 Å². The van der Waals surface area contributed by atoms with E-state index >= 15 is 0 Å². The summed E-state index contributed by atoms with van der Waals surface area (Å²) < 4.78 is 6.02. The minimum atomic E-state index is -0.428. The van der Waals surface area contributed by atoms with Crippen LogP contribution in [0.15, 0.2) is 52.9 Å². The molecule has 8 heteroatoms. The van der Waals surface area contributed by atoms with E-state index in [2.05, 4.69) is 21.7 Å². The smallest absolute Gasteiger partial charge is 0.258 e. The van der Waals surface area contributed by atoms with Gasteiger partial charge in [-0.05, 0) is 86.1 Å². The number of benzene rings is 3. The van der Waals surface area contributed by atoms with Crippen LogP contribution in [-0.4, -0.2) is 16.0 Å². The van der Waals surface area contributed by atoms with Gasteiger partial charge in [0.05, 0.1) is 10.6 Å². The number of anilines is 1. The molecular formula is C24H19Cl2N3O2S. The van der Waals surface area contributed by atoms with Gasteiger partial charge in [-0.25, -0.2) is 4.98 Å². The van der Waals surface area contributed by atoms with Gasteiger partial charge in [0, 0.05) is 16.3 Å². The lowest BCUT2D eigenvalue weighted by molar-refractivity contribution is 0.0978. The number of carbonyl (C=O) groups excluding carboxylic acids is 1. The molecule has 1 aromatic heterocycles. The minimum Gasteiger partial charge on any atom is -0.436 e. The Morgan fingerprint density at radius 2 is 1.78 bits per heavy atom. The third-order valence-corrected chi connectivity index (χ3v) is 5.71. The van der Waals surface area contributed by atoms with Crippen LogP contribution in [-0.2, 0) is 0 Å². The molecule has 0 bridgehead atoms. The molecule has 5 nitrogen and oxygen atoms in total. The molecule has 0 unspecified atom stereocenters. The molecule has 0 aliphatic carbocycles. The average Bonchev–Trinajstić information content (AvgIpc) is 3.13. The van der Waals surface area contributed by atoms with Gasteiger partial charge in [-0.1, -0.05) is 35.3 Å². The lowest BCUT2D eigenvalue weighted by atomic mass is 10.1. The predicted octanol–water partition coefficient (Wildman–Crippen LogP) is 6.85. The molecule has 0 aliphatic rings. The van der Waals surface area contributed by atoms with Crippen molar-refractivity contribution in [3.8, 4) is 11.5 Å². The summed E-state index contributed by atoms with van der Waals surface area (Å²) in [6.45, 7) is 5.97. The Morgan fingerprint density at radius 3 is 2.53 bits per heavy atom. The number of halogens is 2. The van der Waals surface area contributed by atoms with E-state index in [-0.39, 0.29) is 15.7 Å². The molecular weight excluding hydrogens is 465 g/mol.